The third kappa shape index (κ3) is 2.27. The van der Waals surface area contributed by atoms with Crippen LogP contribution in [0.4, 0.5) is 11.4 Å². The maximum absolute atomic E-state index is 12.6. The van der Waals surface area contributed by atoms with Gasteiger partial charge < -0.3 is 10.6 Å². The van der Waals surface area contributed by atoms with Crippen molar-refractivity contribution in [1.29, 1.82) is 0 Å². The SMILES string of the molecule is CN(C(=O)C1Cc2ccccc2S1)c1ccccc1N. The molecule has 2 aromatic carbocycles. The smallest absolute Gasteiger partial charge is 0.240 e. The Morgan fingerprint density at radius 2 is 1.90 bits per heavy atom. The van der Waals surface area contributed by atoms with Gasteiger partial charge in [-0.2, -0.15) is 0 Å². The molecule has 0 saturated heterocycles. The first-order valence-electron chi connectivity index (χ1n) is 6.53. The van der Waals surface area contributed by atoms with E-state index in [-0.39, 0.29) is 11.2 Å². The maximum atomic E-state index is 12.6. The van der Waals surface area contributed by atoms with Crippen molar-refractivity contribution in [1.82, 2.24) is 0 Å². The van der Waals surface area contributed by atoms with Gasteiger partial charge in [0.05, 0.1) is 16.6 Å². The fourth-order valence-corrected chi connectivity index (χ4v) is 3.74. The highest BCUT2D eigenvalue weighted by atomic mass is 32.2. The Bertz CT molecular complexity index is 631. The third-order valence-corrected chi connectivity index (χ3v) is 4.86. The molecule has 1 heterocycles. The molecule has 0 aliphatic carbocycles. The average molecular weight is 284 g/mol. The fourth-order valence-electron chi connectivity index (χ4n) is 2.45. The van der Waals surface area contributed by atoms with Gasteiger partial charge in [-0.3, -0.25) is 4.79 Å². The first kappa shape index (κ1) is 13.1. The Kier molecular flexibility index (Phi) is 3.40. The van der Waals surface area contributed by atoms with Gasteiger partial charge in [-0.1, -0.05) is 30.3 Å². The van der Waals surface area contributed by atoms with Gasteiger partial charge in [0.2, 0.25) is 5.91 Å². The number of hydrogen-bond donors (Lipinski definition) is 1. The zero-order valence-electron chi connectivity index (χ0n) is 11.2. The zero-order chi connectivity index (χ0) is 14.1. The Hall–Kier alpha value is -1.94. The van der Waals surface area contributed by atoms with Crippen LogP contribution in [0.5, 0.6) is 0 Å². The Morgan fingerprint density at radius 3 is 2.65 bits per heavy atom. The molecule has 0 radical (unpaired) electrons. The molecule has 4 heteroatoms. The second-order valence-electron chi connectivity index (χ2n) is 4.87. The van der Waals surface area contributed by atoms with Gasteiger partial charge in [-0.15, -0.1) is 11.8 Å². The van der Waals surface area contributed by atoms with Crippen LogP contribution in [-0.4, -0.2) is 18.2 Å². The lowest BCUT2D eigenvalue weighted by Crippen LogP contribution is -2.35. The van der Waals surface area contributed by atoms with Crippen molar-refractivity contribution in [2.45, 2.75) is 16.6 Å². The van der Waals surface area contributed by atoms with Crippen molar-refractivity contribution in [2.75, 3.05) is 17.7 Å². The second-order valence-corrected chi connectivity index (χ2v) is 6.12. The number of benzene rings is 2. The lowest BCUT2D eigenvalue weighted by Gasteiger charge is -2.22. The van der Waals surface area contributed by atoms with Crippen molar-refractivity contribution in [3.05, 3.63) is 54.1 Å². The van der Waals surface area contributed by atoms with E-state index in [2.05, 4.69) is 12.1 Å². The quantitative estimate of drug-likeness (QED) is 0.862. The number of nitrogens with two attached hydrogens (primary N) is 1. The summed E-state index contributed by atoms with van der Waals surface area (Å²) in [6.07, 6.45) is 0.788. The van der Waals surface area contributed by atoms with Gasteiger partial charge in [0.15, 0.2) is 0 Å². The molecule has 20 heavy (non-hydrogen) atoms. The number of anilines is 2. The van der Waals surface area contributed by atoms with E-state index in [1.165, 1.54) is 10.5 Å². The van der Waals surface area contributed by atoms with Crippen LogP contribution in [-0.2, 0) is 11.2 Å². The highest BCUT2D eigenvalue weighted by Gasteiger charge is 2.30. The summed E-state index contributed by atoms with van der Waals surface area (Å²) in [4.78, 5) is 15.5. The van der Waals surface area contributed by atoms with Gasteiger partial charge in [-0.05, 0) is 30.2 Å². The Balaban J connectivity index is 1.80. The molecule has 0 saturated carbocycles. The molecule has 0 aromatic heterocycles. The molecule has 1 unspecified atom stereocenters. The predicted molar refractivity (Wildman–Crippen MR) is 84.1 cm³/mol. The van der Waals surface area contributed by atoms with E-state index in [1.807, 2.05) is 36.4 Å². The molecular weight excluding hydrogens is 268 g/mol. The van der Waals surface area contributed by atoms with E-state index in [4.69, 9.17) is 5.73 Å². The summed E-state index contributed by atoms with van der Waals surface area (Å²) in [5.41, 5.74) is 8.60. The van der Waals surface area contributed by atoms with E-state index < -0.39 is 0 Å². The fraction of sp³-hybridized carbons (Fsp3) is 0.188. The van der Waals surface area contributed by atoms with Crippen LogP contribution < -0.4 is 10.6 Å². The van der Waals surface area contributed by atoms with Crippen LogP contribution in [0.1, 0.15) is 5.56 Å². The van der Waals surface area contributed by atoms with Gasteiger partial charge >= 0.3 is 0 Å². The minimum atomic E-state index is -0.0583. The number of carbonyl (C=O) groups excluding carboxylic acids is 1. The summed E-state index contributed by atoms with van der Waals surface area (Å²) in [6, 6.07) is 15.7. The molecule has 2 N–H and O–H groups in total. The standard InChI is InChI=1S/C16H16N2OS/c1-18(13-8-4-3-7-12(13)17)16(19)15-10-11-6-2-5-9-14(11)20-15/h2-9,15H,10,17H2,1H3. The minimum absolute atomic E-state index is 0.0583. The normalized spacial score (nSPS) is 16.8. The van der Waals surface area contributed by atoms with Gasteiger partial charge in [0.1, 0.15) is 0 Å². The van der Waals surface area contributed by atoms with E-state index in [9.17, 15) is 4.79 Å². The monoisotopic (exact) mass is 284 g/mol. The van der Waals surface area contributed by atoms with Crippen molar-refractivity contribution in [3.63, 3.8) is 0 Å². The molecule has 1 atom stereocenters. The number of nitrogens with zero attached hydrogens (tertiary/aromatic N) is 1. The molecule has 2 aromatic rings. The number of amides is 1. The summed E-state index contributed by atoms with van der Waals surface area (Å²) in [5, 5.41) is -0.0583. The first-order chi connectivity index (χ1) is 9.66. The van der Waals surface area contributed by atoms with Gasteiger partial charge in [0, 0.05) is 11.9 Å². The number of para-hydroxylation sites is 2. The van der Waals surface area contributed by atoms with E-state index in [0.717, 1.165) is 12.1 Å². The predicted octanol–water partition coefficient (Wildman–Crippen LogP) is 2.95. The van der Waals surface area contributed by atoms with Crippen molar-refractivity contribution in [3.8, 4) is 0 Å². The van der Waals surface area contributed by atoms with Crippen LogP contribution in [0.15, 0.2) is 53.4 Å². The van der Waals surface area contributed by atoms with E-state index in [0.29, 0.717) is 5.69 Å². The zero-order valence-corrected chi connectivity index (χ0v) is 12.1. The van der Waals surface area contributed by atoms with Crippen molar-refractivity contribution < 1.29 is 4.79 Å². The summed E-state index contributed by atoms with van der Waals surface area (Å²) < 4.78 is 0. The lowest BCUT2D eigenvalue weighted by molar-refractivity contribution is -0.117. The number of rotatable bonds is 2. The molecule has 1 aliphatic rings. The largest absolute Gasteiger partial charge is 0.397 e. The number of carbonyl (C=O) groups is 1. The summed E-state index contributed by atoms with van der Waals surface area (Å²) in [5.74, 6) is 0.101. The molecule has 0 bridgehead atoms. The minimum Gasteiger partial charge on any atom is -0.397 e. The molecule has 3 rings (SSSR count). The van der Waals surface area contributed by atoms with Gasteiger partial charge in [-0.25, -0.2) is 0 Å². The van der Waals surface area contributed by atoms with E-state index >= 15 is 0 Å². The maximum Gasteiger partial charge on any atom is 0.240 e. The van der Waals surface area contributed by atoms with Crippen LogP contribution in [0.3, 0.4) is 0 Å². The molecular formula is C16H16N2OS. The summed E-state index contributed by atoms with van der Waals surface area (Å²) in [6.45, 7) is 0. The summed E-state index contributed by atoms with van der Waals surface area (Å²) in [7, 11) is 1.79. The molecule has 1 amide bonds. The number of thioether (sulfide) groups is 1. The molecule has 1 aliphatic heterocycles. The van der Waals surface area contributed by atoms with Crippen molar-refractivity contribution >= 4 is 29.0 Å². The molecule has 0 fully saturated rings. The first-order valence-corrected chi connectivity index (χ1v) is 7.41. The highest BCUT2D eigenvalue weighted by Crippen LogP contribution is 2.38. The lowest BCUT2D eigenvalue weighted by atomic mass is 10.1. The summed E-state index contributed by atoms with van der Waals surface area (Å²) >= 11 is 1.64. The molecule has 3 nitrogen and oxygen atoms in total. The second kappa shape index (κ2) is 5.21. The molecule has 102 valence electrons. The van der Waals surface area contributed by atoms with Crippen LogP contribution in [0, 0.1) is 0 Å². The van der Waals surface area contributed by atoms with Crippen LogP contribution >= 0.6 is 11.8 Å². The van der Waals surface area contributed by atoms with E-state index in [1.54, 1.807) is 23.7 Å². The van der Waals surface area contributed by atoms with Crippen LogP contribution in [0.25, 0.3) is 0 Å². The third-order valence-electron chi connectivity index (χ3n) is 3.55. The van der Waals surface area contributed by atoms with Gasteiger partial charge in [0.25, 0.3) is 0 Å². The number of nitrogen functional groups attached to an aromatic ring is 1. The number of hydrogen-bond acceptors (Lipinski definition) is 3. The highest BCUT2D eigenvalue weighted by molar-refractivity contribution is 8.01. The molecule has 0 spiro atoms. The number of fused-ring (bicyclic) bond motifs is 1. The topological polar surface area (TPSA) is 46.3 Å². The van der Waals surface area contributed by atoms with Crippen molar-refractivity contribution in [2.24, 2.45) is 0 Å². The van der Waals surface area contributed by atoms with Crippen LogP contribution in [0.2, 0.25) is 0 Å². The average Bonchev–Trinajstić information content (AvgIpc) is 2.90. The Morgan fingerprint density at radius 1 is 1.20 bits per heavy atom. The Labute approximate surface area is 122 Å².